The fraction of sp³-hybridized carbons (Fsp3) is 0.385. The van der Waals surface area contributed by atoms with Gasteiger partial charge in [0.1, 0.15) is 10.0 Å². The Kier molecular flexibility index (Phi) is 5.00. The summed E-state index contributed by atoms with van der Waals surface area (Å²) in [7, 11) is 1.82. The molecular formula is C13H13BrF3N3S. The molecule has 0 aliphatic rings. The summed E-state index contributed by atoms with van der Waals surface area (Å²) in [6.07, 6.45) is -3.57. The summed E-state index contributed by atoms with van der Waals surface area (Å²) in [4.78, 5) is 0. The van der Waals surface area contributed by atoms with Crippen molar-refractivity contribution in [2.24, 2.45) is 0 Å². The van der Waals surface area contributed by atoms with Gasteiger partial charge in [0, 0.05) is 10.0 Å². The number of alkyl halides is 3. The molecule has 1 aromatic heterocycles. The third-order valence-corrected chi connectivity index (χ3v) is 4.79. The van der Waals surface area contributed by atoms with Crippen molar-refractivity contribution in [3.63, 3.8) is 0 Å². The number of nitrogens with zero attached hydrogens (tertiary/aromatic N) is 2. The van der Waals surface area contributed by atoms with E-state index < -0.39 is 11.7 Å². The molecule has 0 spiro atoms. The summed E-state index contributed by atoms with van der Waals surface area (Å²) in [6.45, 7) is 2.00. The predicted octanol–water partition coefficient (Wildman–Crippen LogP) is 4.66. The van der Waals surface area contributed by atoms with Crippen LogP contribution >= 0.6 is 27.3 Å². The number of rotatable bonds is 4. The second-order valence-electron chi connectivity index (χ2n) is 4.39. The fourth-order valence-corrected chi connectivity index (χ4v) is 3.37. The van der Waals surface area contributed by atoms with Gasteiger partial charge in [-0.05, 0) is 25.6 Å². The highest BCUT2D eigenvalue weighted by Gasteiger charge is 2.33. The summed E-state index contributed by atoms with van der Waals surface area (Å²) in [5.41, 5.74) is -0.294. The highest BCUT2D eigenvalue weighted by atomic mass is 79.9. The number of aromatic nitrogens is 2. The Balaban J connectivity index is 2.39. The van der Waals surface area contributed by atoms with Crippen LogP contribution in [0.4, 0.5) is 13.2 Å². The van der Waals surface area contributed by atoms with Gasteiger partial charge in [0.25, 0.3) is 0 Å². The van der Waals surface area contributed by atoms with Crippen molar-refractivity contribution in [2.75, 3.05) is 7.05 Å². The lowest BCUT2D eigenvalue weighted by Gasteiger charge is -2.10. The number of hydrogen-bond acceptors (Lipinski definition) is 4. The van der Waals surface area contributed by atoms with E-state index in [1.807, 2.05) is 14.0 Å². The molecule has 21 heavy (non-hydrogen) atoms. The molecule has 1 aromatic carbocycles. The second kappa shape index (κ2) is 6.41. The van der Waals surface area contributed by atoms with Gasteiger partial charge < -0.3 is 5.32 Å². The highest BCUT2D eigenvalue weighted by Crippen LogP contribution is 2.38. The van der Waals surface area contributed by atoms with Crippen LogP contribution in [0.1, 0.15) is 30.0 Å². The van der Waals surface area contributed by atoms with Gasteiger partial charge >= 0.3 is 6.18 Å². The van der Waals surface area contributed by atoms with E-state index in [9.17, 15) is 13.2 Å². The molecule has 0 amide bonds. The minimum atomic E-state index is -4.40. The highest BCUT2D eigenvalue weighted by molar-refractivity contribution is 9.10. The van der Waals surface area contributed by atoms with Crippen LogP contribution in [0, 0.1) is 0 Å². The first-order valence-electron chi connectivity index (χ1n) is 6.24. The van der Waals surface area contributed by atoms with Crippen LogP contribution in [-0.4, -0.2) is 17.2 Å². The summed E-state index contributed by atoms with van der Waals surface area (Å²) in [5.74, 6) is 0. The summed E-state index contributed by atoms with van der Waals surface area (Å²) in [6, 6.07) is 4.14. The van der Waals surface area contributed by atoms with Gasteiger partial charge in [-0.1, -0.05) is 40.3 Å². The van der Waals surface area contributed by atoms with E-state index in [1.54, 1.807) is 6.07 Å². The molecule has 1 heterocycles. The minimum absolute atomic E-state index is 0.0187. The Bertz CT molecular complexity index is 623. The summed E-state index contributed by atoms with van der Waals surface area (Å²) < 4.78 is 38.8. The van der Waals surface area contributed by atoms with Crippen LogP contribution in [0.15, 0.2) is 22.7 Å². The number of benzene rings is 1. The molecule has 2 aromatic rings. The lowest BCUT2D eigenvalue weighted by Crippen LogP contribution is -2.14. The monoisotopic (exact) mass is 379 g/mol. The first-order chi connectivity index (χ1) is 9.86. The second-order valence-corrected chi connectivity index (χ2v) is 6.25. The van der Waals surface area contributed by atoms with Crippen molar-refractivity contribution < 1.29 is 13.2 Å². The third-order valence-electron chi connectivity index (χ3n) is 3.01. The Hall–Kier alpha value is -0.990. The number of nitrogens with one attached hydrogen (secondary N) is 1. The Morgan fingerprint density at radius 2 is 2.05 bits per heavy atom. The van der Waals surface area contributed by atoms with E-state index in [4.69, 9.17) is 0 Å². The molecule has 1 unspecified atom stereocenters. The average Bonchev–Trinajstić information content (AvgIpc) is 2.89. The van der Waals surface area contributed by atoms with Gasteiger partial charge in [-0.15, -0.1) is 10.2 Å². The molecule has 0 saturated carbocycles. The van der Waals surface area contributed by atoms with E-state index in [1.165, 1.54) is 17.4 Å². The zero-order chi connectivity index (χ0) is 15.6. The van der Waals surface area contributed by atoms with Crippen molar-refractivity contribution in [3.05, 3.63) is 33.2 Å². The third kappa shape index (κ3) is 3.61. The molecule has 3 nitrogen and oxygen atoms in total. The topological polar surface area (TPSA) is 37.8 Å². The summed E-state index contributed by atoms with van der Waals surface area (Å²) >= 11 is 4.23. The smallest absolute Gasteiger partial charge is 0.311 e. The van der Waals surface area contributed by atoms with E-state index >= 15 is 0 Å². The van der Waals surface area contributed by atoms with Crippen molar-refractivity contribution in [1.82, 2.24) is 15.5 Å². The van der Waals surface area contributed by atoms with Gasteiger partial charge in [-0.25, -0.2) is 0 Å². The standard InChI is InChI=1S/C13H13BrF3N3S/c1-3-10(18-2)12-20-19-11(21-12)7-4-5-9(14)8(6-7)13(15,16)17/h4-6,10,18H,3H2,1-2H3. The van der Waals surface area contributed by atoms with Crippen molar-refractivity contribution in [2.45, 2.75) is 25.6 Å². The zero-order valence-corrected chi connectivity index (χ0v) is 13.7. The van der Waals surface area contributed by atoms with Crippen molar-refractivity contribution in [1.29, 1.82) is 0 Å². The predicted molar refractivity (Wildman–Crippen MR) is 80.1 cm³/mol. The van der Waals surface area contributed by atoms with Crippen LogP contribution in [0.3, 0.4) is 0 Å². The van der Waals surface area contributed by atoms with Crippen LogP contribution in [-0.2, 0) is 6.18 Å². The van der Waals surface area contributed by atoms with Crippen LogP contribution in [0.2, 0.25) is 0 Å². The van der Waals surface area contributed by atoms with Crippen LogP contribution in [0.5, 0.6) is 0 Å². The minimum Gasteiger partial charge on any atom is -0.311 e. The molecule has 2 rings (SSSR count). The van der Waals surface area contributed by atoms with Gasteiger partial charge in [-0.3, -0.25) is 0 Å². The number of hydrogen-bond donors (Lipinski definition) is 1. The number of halogens is 4. The maximum absolute atomic E-state index is 12.9. The first kappa shape index (κ1) is 16.4. The largest absolute Gasteiger partial charge is 0.417 e. The Morgan fingerprint density at radius 1 is 1.33 bits per heavy atom. The summed E-state index contributed by atoms with van der Waals surface area (Å²) in [5, 5.41) is 12.4. The molecule has 1 N–H and O–H groups in total. The molecule has 0 bridgehead atoms. The van der Waals surface area contributed by atoms with Crippen LogP contribution < -0.4 is 5.32 Å². The molecule has 8 heteroatoms. The van der Waals surface area contributed by atoms with Gasteiger partial charge in [0.05, 0.1) is 11.6 Å². The lowest BCUT2D eigenvalue weighted by atomic mass is 10.1. The van der Waals surface area contributed by atoms with Crippen molar-refractivity contribution >= 4 is 27.3 Å². The fourth-order valence-electron chi connectivity index (χ4n) is 1.87. The molecule has 114 valence electrons. The quantitative estimate of drug-likeness (QED) is 0.839. The average molecular weight is 380 g/mol. The van der Waals surface area contributed by atoms with Gasteiger partial charge in [0.2, 0.25) is 0 Å². The molecule has 0 saturated heterocycles. The Labute approximate surface area is 132 Å². The van der Waals surface area contributed by atoms with Gasteiger partial charge in [0.15, 0.2) is 0 Å². The van der Waals surface area contributed by atoms with Crippen molar-refractivity contribution in [3.8, 4) is 10.6 Å². The van der Waals surface area contributed by atoms with E-state index in [0.717, 1.165) is 17.5 Å². The molecule has 0 aliphatic heterocycles. The molecule has 0 radical (unpaired) electrons. The van der Waals surface area contributed by atoms with E-state index in [2.05, 4.69) is 31.4 Å². The Morgan fingerprint density at radius 3 is 2.62 bits per heavy atom. The molecule has 1 atom stereocenters. The maximum Gasteiger partial charge on any atom is 0.417 e. The zero-order valence-electron chi connectivity index (χ0n) is 11.3. The maximum atomic E-state index is 12.9. The molecule has 0 fully saturated rings. The van der Waals surface area contributed by atoms with E-state index in [-0.39, 0.29) is 10.5 Å². The van der Waals surface area contributed by atoms with Crippen LogP contribution in [0.25, 0.3) is 10.6 Å². The SMILES string of the molecule is CCC(NC)c1nnc(-c2ccc(Br)c(C(F)(F)F)c2)s1. The molecular weight excluding hydrogens is 367 g/mol. The lowest BCUT2D eigenvalue weighted by molar-refractivity contribution is -0.138. The molecule has 0 aliphatic carbocycles. The first-order valence-corrected chi connectivity index (χ1v) is 7.85. The van der Waals surface area contributed by atoms with Gasteiger partial charge in [-0.2, -0.15) is 13.2 Å². The van der Waals surface area contributed by atoms with E-state index in [0.29, 0.717) is 10.6 Å². The normalized spacial score (nSPS) is 13.4.